The first kappa shape index (κ1) is 17.1. The van der Waals surface area contributed by atoms with Crippen molar-refractivity contribution in [2.24, 2.45) is 0 Å². The monoisotopic (exact) mass is 337 g/mol. The van der Waals surface area contributed by atoms with Crippen molar-refractivity contribution in [3.63, 3.8) is 0 Å². The van der Waals surface area contributed by atoms with Crippen molar-refractivity contribution in [1.82, 2.24) is 25.0 Å². The van der Waals surface area contributed by atoms with E-state index in [0.29, 0.717) is 12.1 Å². The first-order valence-electron chi connectivity index (χ1n) is 8.41. The lowest BCUT2D eigenvalue weighted by atomic mass is 10.1. The Morgan fingerprint density at radius 1 is 1.24 bits per heavy atom. The predicted octanol–water partition coefficient (Wildman–Crippen LogP) is 1.97. The molecule has 2 aromatic heterocycles. The molecule has 25 heavy (non-hydrogen) atoms. The van der Waals surface area contributed by atoms with Gasteiger partial charge in [-0.25, -0.2) is 0 Å². The summed E-state index contributed by atoms with van der Waals surface area (Å²) in [6.45, 7) is 2.22. The van der Waals surface area contributed by atoms with Crippen molar-refractivity contribution in [3.8, 4) is 0 Å². The van der Waals surface area contributed by atoms with Crippen molar-refractivity contribution in [3.05, 3.63) is 60.0 Å². The number of fused-ring (bicyclic) bond motifs is 1. The molecule has 1 aromatic carbocycles. The standard InChI is InChI=1S/C19H23N5O/c1-23(2)9-10-24-14-17(13-22-24)19(25)20-8-7-15-11-16-5-3-4-6-18(16)21-12-15/h3-6,11-14H,7-10H2,1-2H3,(H,20,25). The van der Waals surface area contributed by atoms with Gasteiger partial charge in [-0.15, -0.1) is 0 Å². The van der Waals surface area contributed by atoms with E-state index in [-0.39, 0.29) is 5.91 Å². The molecule has 6 nitrogen and oxygen atoms in total. The fraction of sp³-hybridized carbons (Fsp3) is 0.316. The quantitative estimate of drug-likeness (QED) is 0.716. The zero-order valence-electron chi connectivity index (χ0n) is 14.6. The van der Waals surface area contributed by atoms with Crippen LogP contribution < -0.4 is 5.32 Å². The van der Waals surface area contributed by atoms with E-state index in [4.69, 9.17) is 0 Å². The summed E-state index contributed by atoms with van der Waals surface area (Å²) in [5.41, 5.74) is 2.69. The lowest BCUT2D eigenvalue weighted by molar-refractivity contribution is 0.0954. The lowest BCUT2D eigenvalue weighted by Crippen LogP contribution is -2.25. The fourth-order valence-corrected chi connectivity index (χ4v) is 2.58. The molecule has 1 amide bonds. The highest BCUT2D eigenvalue weighted by Crippen LogP contribution is 2.12. The van der Waals surface area contributed by atoms with Crippen LogP contribution in [0, 0.1) is 0 Å². The highest BCUT2D eigenvalue weighted by Gasteiger charge is 2.08. The fourth-order valence-electron chi connectivity index (χ4n) is 2.58. The molecular formula is C19H23N5O. The van der Waals surface area contributed by atoms with E-state index in [1.54, 1.807) is 17.1 Å². The number of nitrogens with one attached hydrogen (secondary N) is 1. The summed E-state index contributed by atoms with van der Waals surface area (Å²) < 4.78 is 1.79. The Balaban J connectivity index is 1.51. The van der Waals surface area contributed by atoms with Gasteiger partial charge >= 0.3 is 0 Å². The number of aromatic nitrogens is 3. The Bertz CT molecular complexity index is 856. The molecule has 0 atom stereocenters. The van der Waals surface area contributed by atoms with Gasteiger partial charge in [-0.3, -0.25) is 14.5 Å². The molecule has 3 aromatic rings. The molecule has 0 aliphatic heterocycles. The van der Waals surface area contributed by atoms with Crippen molar-refractivity contribution in [2.45, 2.75) is 13.0 Å². The van der Waals surface area contributed by atoms with Crippen LogP contribution >= 0.6 is 0 Å². The molecule has 0 unspecified atom stereocenters. The number of carbonyl (C=O) groups excluding carboxylic acids is 1. The number of carbonyl (C=O) groups is 1. The van der Waals surface area contributed by atoms with Crippen molar-refractivity contribution < 1.29 is 4.79 Å². The van der Waals surface area contributed by atoms with Crippen LogP contribution in [0.4, 0.5) is 0 Å². The van der Waals surface area contributed by atoms with Crippen molar-refractivity contribution >= 4 is 16.8 Å². The van der Waals surface area contributed by atoms with Crippen LogP contribution in [0.15, 0.2) is 48.9 Å². The number of hydrogen-bond donors (Lipinski definition) is 1. The van der Waals surface area contributed by atoms with Gasteiger partial charge in [-0.05, 0) is 38.2 Å². The van der Waals surface area contributed by atoms with E-state index >= 15 is 0 Å². The number of benzene rings is 1. The Morgan fingerprint density at radius 2 is 2.08 bits per heavy atom. The third kappa shape index (κ3) is 4.64. The largest absolute Gasteiger partial charge is 0.352 e. The smallest absolute Gasteiger partial charge is 0.254 e. The van der Waals surface area contributed by atoms with Crippen LogP contribution in [0.2, 0.25) is 0 Å². The summed E-state index contributed by atoms with van der Waals surface area (Å²) in [6, 6.07) is 10.1. The number of hydrogen-bond acceptors (Lipinski definition) is 4. The maximum absolute atomic E-state index is 12.2. The molecule has 0 saturated carbocycles. The predicted molar refractivity (Wildman–Crippen MR) is 98.6 cm³/mol. The zero-order valence-corrected chi connectivity index (χ0v) is 14.6. The van der Waals surface area contributed by atoms with E-state index in [0.717, 1.165) is 36.0 Å². The van der Waals surface area contributed by atoms with Crippen molar-refractivity contribution in [2.75, 3.05) is 27.2 Å². The van der Waals surface area contributed by atoms with Gasteiger partial charge in [0.05, 0.1) is 23.8 Å². The molecule has 2 heterocycles. The van der Waals surface area contributed by atoms with Gasteiger partial charge in [-0.1, -0.05) is 18.2 Å². The molecule has 0 aliphatic carbocycles. The normalized spacial score (nSPS) is 11.2. The second-order valence-electron chi connectivity index (χ2n) is 6.34. The number of amides is 1. The van der Waals surface area contributed by atoms with E-state index < -0.39 is 0 Å². The number of likely N-dealkylation sites (N-methyl/N-ethyl adjacent to an activating group) is 1. The van der Waals surface area contributed by atoms with Gasteiger partial charge in [-0.2, -0.15) is 5.10 Å². The number of pyridine rings is 1. The minimum atomic E-state index is -0.0927. The SMILES string of the molecule is CN(C)CCn1cc(C(=O)NCCc2cnc3ccccc3c2)cn1. The summed E-state index contributed by atoms with van der Waals surface area (Å²) in [7, 11) is 4.03. The Morgan fingerprint density at radius 3 is 2.92 bits per heavy atom. The van der Waals surface area contributed by atoms with E-state index in [9.17, 15) is 4.79 Å². The maximum atomic E-state index is 12.2. The number of para-hydroxylation sites is 1. The molecule has 0 radical (unpaired) electrons. The third-order valence-corrected chi connectivity index (χ3v) is 4.02. The van der Waals surface area contributed by atoms with Crippen molar-refractivity contribution in [1.29, 1.82) is 0 Å². The van der Waals surface area contributed by atoms with E-state index in [2.05, 4.69) is 26.4 Å². The average Bonchev–Trinajstić information content (AvgIpc) is 3.09. The molecule has 0 bridgehead atoms. The minimum Gasteiger partial charge on any atom is -0.352 e. The van der Waals surface area contributed by atoms with Gasteiger partial charge < -0.3 is 10.2 Å². The molecular weight excluding hydrogens is 314 g/mol. The second kappa shape index (κ2) is 7.90. The average molecular weight is 337 g/mol. The van der Waals surface area contributed by atoms with Gasteiger partial charge in [0.15, 0.2) is 0 Å². The summed E-state index contributed by atoms with van der Waals surface area (Å²) in [5, 5.41) is 8.29. The summed E-state index contributed by atoms with van der Waals surface area (Å²) in [6.07, 6.45) is 6.02. The summed E-state index contributed by atoms with van der Waals surface area (Å²) >= 11 is 0. The highest BCUT2D eigenvalue weighted by atomic mass is 16.1. The van der Waals surface area contributed by atoms with Gasteiger partial charge in [0.25, 0.3) is 5.91 Å². The molecule has 0 saturated heterocycles. The number of nitrogens with zero attached hydrogens (tertiary/aromatic N) is 4. The van der Waals surface area contributed by atoms with Crippen LogP contribution in [-0.2, 0) is 13.0 Å². The van der Waals surface area contributed by atoms with Gasteiger partial charge in [0.2, 0.25) is 0 Å². The zero-order chi connectivity index (χ0) is 17.6. The lowest BCUT2D eigenvalue weighted by Gasteiger charge is -2.08. The van der Waals surface area contributed by atoms with Crippen LogP contribution in [0.5, 0.6) is 0 Å². The Labute approximate surface area is 147 Å². The minimum absolute atomic E-state index is 0.0927. The topological polar surface area (TPSA) is 63.1 Å². The summed E-state index contributed by atoms with van der Waals surface area (Å²) in [4.78, 5) is 18.7. The molecule has 130 valence electrons. The third-order valence-electron chi connectivity index (χ3n) is 4.02. The maximum Gasteiger partial charge on any atom is 0.254 e. The number of rotatable bonds is 7. The van der Waals surface area contributed by atoms with Crippen LogP contribution in [0.3, 0.4) is 0 Å². The highest BCUT2D eigenvalue weighted by molar-refractivity contribution is 5.93. The first-order chi connectivity index (χ1) is 12.1. The van der Waals surface area contributed by atoms with Gasteiger partial charge in [0.1, 0.15) is 0 Å². The molecule has 0 fully saturated rings. The van der Waals surface area contributed by atoms with E-state index in [1.165, 1.54) is 0 Å². The summed E-state index contributed by atoms with van der Waals surface area (Å²) in [5.74, 6) is -0.0927. The van der Waals surface area contributed by atoms with E-state index in [1.807, 2.05) is 44.6 Å². The Hall–Kier alpha value is -2.73. The molecule has 0 spiro atoms. The van der Waals surface area contributed by atoms with Gasteiger partial charge in [0, 0.05) is 30.9 Å². The van der Waals surface area contributed by atoms with Crippen LogP contribution in [0.25, 0.3) is 10.9 Å². The van der Waals surface area contributed by atoms with Crippen LogP contribution in [-0.4, -0.2) is 52.8 Å². The second-order valence-corrected chi connectivity index (χ2v) is 6.34. The molecule has 3 rings (SSSR count). The first-order valence-corrected chi connectivity index (χ1v) is 8.41. The molecule has 1 N–H and O–H groups in total. The molecule has 6 heteroatoms. The molecule has 0 aliphatic rings. The Kier molecular flexibility index (Phi) is 5.40. The van der Waals surface area contributed by atoms with Crippen LogP contribution in [0.1, 0.15) is 15.9 Å².